The number of nitrogens with two attached hydrogens (primary N) is 1. The number of rotatable bonds is 9. The summed E-state index contributed by atoms with van der Waals surface area (Å²) in [6.45, 7) is 13.5. The lowest BCUT2D eigenvalue weighted by atomic mass is 9.90. The van der Waals surface area contributed by atoms with Crippen molar-refractivity contribution in [2.24, 2.45) is 5.73 Å². The van der Waals surface area contributed by atoms with Crippen molar-refractivity contribution >= 4 is 0 Å². The van der Waals surface area contributed by atoms with Crippen molar-refractivity contribution in [2.75, 3.05) is 13.1 Å². The zero-order valence-electron chi connectivity index (χ0n) is 13.8. The fourth-order valence-corrected chi connectivity index (χ4v) is 2.86. The van der Waals surface area contributed by atoms with Gasteiger partial charge >= 0.3 is 0 Å². The number of nitrogens with zero attached hydrogens (tertiary/aromatic N) is 4. The number of aromatic nitrogens is 3. The van der Waals surface area contributed by atoms with Crippen molar-refractivity contribution in [3.63, 3.8) is 0 Å². The normalized spacial score (nSPS) is 12.6. The van der Waals surface area contributed by atoms with Gasteiger partial charge in [-0.25, -0.2) is 9.67 Å². The van der Waals surface area contributed by atoms with Gasteiger partial charge in [-0.2, -0.15) is 5.10 Å². The third-order valence-corrected chi connectivity index (χ3v) is 4.33. The van der Waals surface area contributed by atoms with E-state index in [2.05, 4.69) is 49.6 Å². The van der Waals surface area contributed by atoms with Crippen molar-refractivity contribution in [3.8, 4) is 0 Å². The maximum atomic E-state index is 6.10. The highest BCUT2D eigenvalue weighted by Crippen LogP contribution is 2.25. The smallest absolute Gasteiger partial charge is 0.141 e. The molecule has 0 aliphatic rings. The van der Waals surface area contributed by atoms with E-state index in [1.807, 2.05) is 4.68 Å². The van der Waals surface area contributed by atoms with E-state index in [1.54, 1.807) is 6.33 Å². The molecule has 0 saturated carbocycles. The standard InChI is InChI=1S/C15H31N5/c1-6-9-19(15(7-2,8-3)11-16)10-14-17-12-18-20(14)13(4)5/h12-13H,6-11,16H2,1-5H3. The topological polar surface area (TPSA) is 60.0 Å². The fraction of sp³-hybridized carbons (Fsp3) is 0.867. The van der Waals surface area contributed by atoms with E-state index >= 15 is 0 Å². The Morgan fingerprint density at radius 2 is 1.95 bits per heavy atom. The van der Waals surface area contributed by atoms with Crippen LogP contribution in [0.3, 0.4) is 0 Å². The van der Waals surface area contributed by atoms with Gasteiger partial charge in [0.05, 0.1) is 6.54 Å². The molecule has 5 nitrogen and oxygen atoms in total. The highest BCUT2D eigenvalue weighted by Gasteiger charge is 2.32. The molecule has 2 N–H and O–H groups in total. The van der Waals surface area contributed by atoms with Gasteiger partial charge in [-0.3, -0.25) is 4.90 Å². The van der Waals surface area contributed by atoms with E-state index in [-0.39, 0.29) is 5.54 Å². The molecule has 0 aliphatic carbocycles. The van der Waals surface area contributed by atoms with Crippen molar-refractivity contribution in [2.45, 2.75) is 72.0 Å². The van der Waals surface area contributed by atoms with Gasteiger partial charge < -0.3 is 5.73 Å². The molecular formula is C15H31N5. The summed E-state index contributed by atoms with van der Waals surface area (Å²) in [5.74, 6) is 1.04. The van der Waals surface area contributed by atoms with Gasteiger partial charge in [-0.1, -0.05) is 20.8 Å². The van der Waals surface area contributed by atoms with Crippen LogP contribution in [0.15, 0.2) is 6.33 Å². The molecule has 1 aromatic rings. The first-order chi connectivity index (χ1) is 9.54. The minimum absolute atomic E-state index is 0.0732. The quantitative estimate of drug-likeness (QED) is 0.756. The average Bonchev–Trinajstić information content (AvgIpc) is 2.90. The summed E-state index contributed by atoms with van der Waals surface area (Å²) in [4.78, 5) is 6.94. The zero-order valence-corrected chi connectivity index (χ0v) is 13.8. The zero-order chi connectivity index (χ0) is 15.2. The summed E-state index contributed by atoms with van der Waals surface area (Å²) >= 11 is 0. The lowest BCUT2D eigenvalue weighted by Gasteiger charge is -2.42. The molecule has 0 unspecified atom stereocenters. The SMILES string of the molecule is CCCN(Cc1ncnn1C(C)C)C(CC)(CC)CN. The molecule has 0 spiro atoms. The van der Waals surface area contributed by atoms with E-state index in [9.17, 15) is 0 Å². The Morgan fingerprint density at radius 3 is 2.40 bits per heavy atom. The predicted octanol–water partition coefficient (Wildman–Crippen LogP) is 2.59. The molecule has 0 saturated heterocycles. The van der Waals surface area contributed by atoms with Gasteiger partial charge in [0.2, 0.25) is 0 Å². The van der Waals surface area contributed by atoms with Gasteiger partial charge in [-0.05, 0) is 39.7 Å². The Labute approximate surface area is 123 Å². The van der Waals surface area contributed by atoms with Crippen molar-refractivity contribution in [1.29, 1.82) is 0 Å². The van der Waals surface area contributed by atoms with Crippen molar-refractivity contribution in [1.82, 2.24) is 19.7 Å². The summed E-state index contributed by atoms with van der Waals surface area (Å²) in [5.41, 5.74) is 6.18. The number of hydrogen-bond donors (Lipinski definition) is 1. The van der Waals surface area contributed by atoms with Gasteiger partial charge in [-0.15, -0.1) is 0 Å². The molecule has 1 aromatic heterocycles. The molecule has 0 aliphatic heterocycles. The summed E-state index contributed by atoms with van der Waals surface area (Å²) in [6.07, 6.45) is 4.91. The van der Waals surface area contributed by atoms with Crippen molar-refractivity contribution in [3.05, 3.63) is 12.2 Å². The second-order valence-corrected chi connectivity index (χ2v) is 5.77. The molecule has 20 heavy (non-hydrogen) atoms. The van der Waals surface area contributed by atoms with Gasteiger partial charge in [0, 0.05) is 18.1 Å². The minimum atomic E-state index is 0.0732. The lowest BCUT2D eigenvalue weighted by Crippen LogP contribution is -2.53. The molecule has 0 atom stereocenters. The summed E-state index contributed by atoms with van der Waals surface area (Å²) < 4.78 is 2.01. The molecule has 5 heteroatoms. The monoisotopic (exact) mass is 281 g/mol. The molecule has 116 valence electrons. The summed E-state index contributed by atoms with van der Waals surface area (Å²) in [5, 5.41) is 4.34. The van der Waals surface area contributed by atoms with Crippen LogP contribution in [0.2, 0.25) is 0 Å². The highest BCUT2D eigenvalue weighted by molar-refractivity contribution is 4.94. The van der Waals surface area contributed by atoms with Crippen LogP contribution in [0.4, 0.5) is 0 Å². The third-order valence-electron chi connectivity index (χ3n) is 4.33. The molecule has 0 amide bonds. The van der Waals surface area contributed by atoms with Crippen LogP contribution in [0, 0.1) is 0 Å². The third kappa shape index (κ3) is 3.58. The molecule has 0 aromatic carbocycles. The van der Waals surface area contributed by atoms with Crippen LogP contribution in [-0.2, 0) is 6.54 Å². The van der Waals surface area contributed by atoms with Gasteiger partial charge in [0.1, 0.15) is 12.2 Å². The number of hydrogen-bond acceptors (Lipinski definition) is 4. The van der Waals surface area contributed by atoms with Crippen LogP contribution in [-0.4, -0.2) is 38.3 Å². The van der Waals surface area contributed by atoms with E-state index in [1.165, 1.54) is 0 Å². The van der Waals surface area contributed by atoms with Crippen LogP contribution in [0.5, 0.6) is 0 Å². The Kier molecular flexibility index (Phi) is 6.62. The molecule has 0 radical (unpaired) electrons. The Morgan fingerprint density at radius 1 is 1.30 bits per heavy atom. The summed E-state index contributed by atoms with van der Waals surface area (Å²) in [6, 6.07) is 0.339. The Bertz CT molecular complexity index is 373. The van der Waals surface area contributed by atoms with Crippen LogP contribution in [0.1, 0.15) is 65.7 Å². The molecule has 0 bridgehead atoms. The Balaban J connectivity index is 2.99. The fourth-order valence-electron chi connectivity index (χ4n) is 2.86. The van der Waals surface area contributed by atoms with E-state index in [4.69, 9.17) is 5.73 Å². The van der Waals surface area contributed by atoms with Crippen LogP contribution >= 0.6 is 0 Å². The van der Waals surface area contributed by atoms with Gasteiger partial charge in [0.25, 0.3) is 0 Å². The van der Waals surface area contributed by atoms with Crippen LogP contribution in [0.25, 0.3) is 0 Å². The maximum absolute atomic E-state index is 6.10. The predicted molar refractivity (Wildman–Crippen MR) is 83.5 cm³/mol. The van der Waals surface area contributed by atoms with Crippen molar-refractivity contribution < 1.29 is 0 Å². The van der Waals surface area contributed by atoms with E-state index < -0.39 is 0 Å². The lowest BCUT2D eigenvalue weighted by molar-refractivity contribution is 0.0719. The van der Waals surface area contributed by atoms with Crippen LogP contribution < -0.4 is 5.73 Å². The molecule has 1 heterocycles. The minimum Gasteiger partial charge on any atom is -0.329 e. The van der Waals surface area contributed by atoms with E-state index in [0.717, 1.165) is 38.2 Å². The highest BCUT2D eigenvalue weighted by atomic mass is 15.4. The maximum Gasteiger partial charge on any atom is 0.141 e. The first kappa shape index (κ1) is 17.1. The summed E-state index contributed by atoms with van der Waals surface area (Å²) in [7, 11) is 0. The first-order valence-electron chi connectivity index (χ1n) is 7.88. The largest absolute Gasteiger partial charge is 0.329 e. The Hall–Kier alpha value is -0.940. The second kappa shape index (κ2) is 7.74. The van der Waals surface area contributed by atoms with Gasteiger partial charge in [0.15, 0.2) is 0 Å². The second-order valence-electron chi connectivity index (χ2n) is 5.77. The van der Waals surface area contributed by atoms with E-state index in [0.29, 0.717) is 12.6 Å². The molecule has 1 rings (SSSR count). The first-order valence-corrected chi connectivity index (χ1v) is 7.88. The molecule has 0 fully saturated rings. The molecular weight excluding hydrogens is 250 g/mol. The average molecular weight is 281 g/mol.